The molecular formula is C20H22ClF2N3O2S. The van der Waals surface area contributed by atoms with Crippen molar-refractivity contribution < 1.29 is 18.3 Å². The first-order valence-electron chi connectivity index (χ1n) is 8.96. The average molecular weight is 442 g/mol. The zero-order chi connectivity index (χ0) is 20.1. The second-order valence-corrected chi connectivity index (χ2v) is 8.95. The summed E-state index contributed by atoms with van der Waals surface area (Å²) in [6.07, 6.45) is 1.68. The molecule has 0 N–H and O–H groups in total. The molecule has 3 heterocycles. The Kier molecular flexibility index (Phi) is 5.93. The molecule has 9 heteroatoms. The second kappa shape index (κ2) is 7.83. The van der Waals surface area contributed by atoms with Gasteiger partial charge in [-0.3, -0.25) is 4.40 Å². The molecule has 0 bridgehead atoms. The van der Waals surface area contributed by atoms with E-state index in [2.05, 4.69) is 10.2 Å². The van der Waals surface area contributed by atoms with E-state index in [9.17, 15) is 8.78 Å². The number of hydrogen-bond donors (Lipinski definition) is 0. The van der Waals surface area contributed by atoms with Crippen molar-refractivity contribution in [2.75, 3.05) is 6.61 Å². The molecule has 1 aromatic carbocycles. The Morgan fingerprint density at radius 3 is 2.59 bits per heavy atom. The van der Waals surface area contributed by atoms with Gasteiger partial charge in [-0.1, -0.05) is 25.6 Å². The molecule has 0 radical (unpaired) electrons. The molecule has 1 aliphatic heterocycles. The van der Waals surface area contributed by atoms with E-state index in [1.165, 1.54) is 23.9 Å². The van der Waals surface area contributed by atoms with Crippen LogP contribution in [0.4, 0.5) is 8.78 Å². The van der Waals surface area contributed by atoms with Crippen LogP contribution in [0.3, 0.4) is 0 Å². The summed E-state index contributed by atoms with van der Waals surface area (Å²) >= 11 is 1.22. The van der Waals surface area contributed by atoms with Gasteiger partial charge in [0.15, 0.2) is 11.4 Å². The van der Waals surface area contributed by atoms with Crippen LogP contribution in [0.2, 0.25) is 0 Å². The fourth-order valence-corrected chi connectivity index (χ4v) is 4.08. The van der Waals surface area contributed by atoms with Gasteiger partial charge in [-0.2, -0.15) is 0 Å². The maximum atomic E-state index is 14.0. The number of hydrogen-bond acceptors (Lipinski definition) is 5. The van der Waals surface area contributed by atoms with Gasteiger partial charge < -0.3 is 9.47 Å². The Balaban J connectivity index is 0.00000240. The number of nitrogens with zero attached hydrogens (tertiary/aromatic N) is 3. The molecule has 1 unspecified atom stereocenters. The second-order valence-electron chi connectivity index (χ2n) is 7.83. The molecular weight excluding hydrogens is 420 g/mol. The van der Waals surface area contributed by atoms with Crippen LogP contribution in [0.25, 0.3) is 5.65 Å². The summed E-state index contributed by atoms with van der Waals surface area (Å²) in [4.78, 5) is 1.14. The van der Waals surface area contributed by atoms with Gasteiger partial charge in [0.05, 0.1) is 18.1 Å². The lowest BCUT2D eigenvalue weighted by Crippen LogP contribution is -2.38. The third-order valence-electron chi connectivity index (χ3n) is 4.89. The van der Waals surface area contributed by atoms with E-state index in [-0.39, 0.29) is 18.5 Å². The molecule has 0 spiro atoms. The predicted octanol–water partition coefficient (Wildman–Crippen LogP) is 5.01. The van der Waals surface area contributed by atoms with Gasteiger partial charge in [-0.15, -0.1) is 22.6 Å². The highest BCUT2D eigenvalue weighted by atomic mass is 35.5. The fourth-order valence-electron chi connectivity index (χ4n) is 3.24. The van der Waals surface area contributed by atoms with Crippen LogP contribution in [0.1, 0.15) is 33.5 Å². The van der Waals surface area contributed by atoms with Crippen LogP contribution < -0.4 is 0 Å². The van der Waals surface area contributed by atoms with Crippen molar-refractivity contribution >= 4 is 29.8 Å². The minimum absolute atomic E-state index is 0. The molecule has 0 saturated carbocycles. The van der Waals surface area contributed by atoms with Crippen LogP contribution in [0.15, 0.2) is 46.3 Å². The fraction of sp³-hybridized carbons (Fsp3) is 0.400. The van der Waals surface area contributed by atoms with E-state index in [0.717, 1.165) is 16.8 Å². The summed E-state index contributed by atoms with van der Waals surface area (Å²) in [6.45, 7) is 8.31. The zero-order valence-electron chi connectivity index (χ0n) is 16.5. The van der Waals surface area contributed by atoms with Crippen LogP contribution >= 0.6 is 24.2 Å². The summed E-state index contributed by atoms with van der Waals surface area (Å²) in [5, 5.41) is 8.63. The molecule has 5 nitrogen and oxygen atoms in total. The lowest BCUT2D eigenvalue weighted by molar-refractivity contribution is -0.145. The number of aromatic nitrogens is 3. The summed E-state index contributed by atoms with van der Waals surface area (Å²) < 4.78 is 40.8. The lowest BCUT2D eigenvalue weighted by atomic mass is 9.86. The van der Waals surface area contributed by atoms with E-state index in [4.69, 9.17) is 9.47 Å². The van der Waals surface area contributed by atoms with Crippen molar-refractivity contribution in [3.63, 3.8) is 0 Å². The quantitative estimate of drug-likeness (QED) is 0.569. The van der Waals surface area contributed by atoms with Crippen molar-refractivity contribution in [2.45, 2.75) is 54.8 Å². The van der Waals surface area contributed by atoms with Crippen molar-refractivity contribution in [3.8, 4) is 0 Å². The molecule has 2 aromatic heterocycles. The summed E-state index contributed by atoms with van der Waals surface area (Å²) in [7, 11) is 0. The van der Waals surface area contributed by atoms with Crippen molar-refractivity contribution in [1.29, 1.82) is 0 Å². The SMILES string of the molecule is CC1(C)OCC(C(C)(C)c2nnc3ccc(Sc4ccc(F)cc4F)cn23)O1.Cl. The Bertz CT molecular complexity index is 1040. The molecule has 0 aliphatic carbocycles. The van der Waals surface area contributed by atoms with Crippen LogP contribution in [0, 0.1) is 11.6 Å². The monoisotopic (exact) mass is 441 g/mol. The standard InChI is InChI=1S/C20H21F2N3O2S.ClH/c1-19(2,16-11-26-20(3,4)27-16)18-24-23-17-8-6-13(10-25(17)18)28-15-7-5-12(21)9-14(15)22;/h5-10,16H,11H2,1-4H3;1H. The first-order valence-corrected chi connectivity index (χ1v) is 9.77. The van der Waals surface area contributed by atoms with Crippen LogP contribution in [-0.2, 0) is 14.9 Å². The van der Waals surface area contributed by atoms with Gasteiger partial charge in [0, 0.05) is 22.1 Å². The summed E-state index contributed by atoms with van der Waals surface area (Å²) in [5.41, 5.74) is 0.225. The van der Waals surface area contributed by atoms with Gasteiger partial charge in [0.25, 0.3) is 0 Å². The number of pyridine rings is 1. The minimum Gasteiger partial charge on any atom is -0.348 e. The van der Waals surface area contributed by atoms with Gasteiger partial charge in [-0.05, 0) is 38.1 Å². The zero-order valence-corrected chi connectivity index (χ0v) is 18.1. The highest BCUT2D eigenvalue weighted by Crippen LogP contribution is 2.37. The molecule has 3 aromatic rings. The lowest BCUT2D eigenvalue weighted by Gasteiger charge is -2.29. The van der Waals surface area contributed by atoms with Gasteiger partial charge in [0.2, 0.25) is 0 Å². The third-order valence-corrected chi connectivity index (χ3v) is 5.91. The summed E-state index contributed by atoms with van der Waals surface area (Å²) in [6, 6.07) is 7.23. The number of rotatable bonds is 4. The number of fused-ring (bicyclic) bond motifs is 1. The van der Waals surface area contributed by atoms with E-state index in [1.807, 2.05) is 50.4 Å². The molecule has 29 heavy (non-hydrogen) atoms. The molecule has 4 rings (SSSR count). The Labute approximate surface area is 178 Å². The normalized spacial score (nSPS) is 18.8. The molecule has 1 aliphatic rings. The highest BCUT2D eigenvalue weighted by molar-refractivity contribution is 7.99. The van der Waals surface area contributed by atoms with E-state index < -0.39 is 22.8 Å². The minimum atomic E-state index is -0.635. The molecule has 1 fully saturated rings. The molecule has 0 amide bonds. The predicted molar refractivity (Wildman–Crippen MR) is 109 cm³/mol. The van der Waals surface area contributed by atoms with Crippen molar-refractivity contribution in [3.05, 3.63) is 54.0 Å². The molecule has 156 valence electrons. The number of halogens is 3. The van der Waals surface area contributed by atoms with E-state index in [1.54, 1.807) is 0 Å². The van der Waals surface area contributed by atoms with Gasteiger partial charge in [0.1, 0.15) is 17.5 Å². The Morgan fingerprint density at radius 1 is 1.17 bits per heavy atom. The van der Waals surface area contributed by atoms with E-state index in [0.29, 0.717) is 17.1 Å². The maximum absolute atomic E-state index is 14.0. The van der Waals surface area contributed by atoms with Crippen molar-refractivity contribution in [2.24, 2.45) is 0 Å². The first kappa shape index (κ1) is 22.0. The smallest absolute Gasteiger partial charge is 0.163 e. The molecule has 1 atom stereocenters. The molecule has 1 saturated heterocycles. The topological polar surface area (TPSA) is 48.7 Å². The summed E-state index contributed by atoms with van der Waals surface area (Å²) in [5.74, 6) is -1.09. The largest absolute Gasteiger partial charge is 0.348 e. The van der Waals surface area contributed by atoms with Crippen LogP contribution in [-0.4, -0.2) is 33.1 Å². The van der Waals surface area contributed by atoms with Gasteiger partial charge >= 0.3 is 0 Å². The number of ether oxygens (including phenoxy) is 2. The van der Waals surface area contributed by atoms with Crippen molar-refractivity contribution in [1.82, 2.24) is 14.6 Å². The van der Waals surface area contributed by atoms with Gasteiger partial charge in [-0.25, -0.2) is 8.78 Å². The Hall–Kier alpha value is -1.74. The third kappa shape index (κ3) is 4.26. The first-order chi connectivity index (χ1) is 13.2. The Morgan fingerprint density at radius 2 is 1.93 bits per heavy atom. The average Bonchev–Trinajstić information content (AvgIpc) is 3.21. The van der Waals surface area contributed by atoms with Crippen LogP contribution in [0.5, 0.6) is 0 Å². The van der Waals surface area contributed by atoms with E-state index >= 15 is 0 Å². The maximum Gasteiger partial charge on any atom is 0.163 e. The highest BCUT2D eigenvalue weighted by Gasteiger charge is 2.44. The number of benzene rings is 1.